The third kappa shape index (κ3) is 3.94. The lowest BCUT2D eigenvalue weighted by atomic mass is 9.74. The molecule has 3 aliphatic rings. The van der Waals surface area contributed by atoms with E-state index in [1.807, 2.05) is 6.07 Å². The van der Waals surface area contributed by atoms with E-state index in [1.54, 1.807) is 11.3 Å². The summed E-state index contributed by atoms with van der Waals surface area (Å²) >= 11 is 1.69. The maximum Gasteiger partial charge on any atom is 0.328 e. The Balaban J connectivity index is 0.000000192. The SMILES string of the molecule is O=C(O)C=CC(=O)O.OC1(c2cccs2)CN2CCC1CC2. The molecule has 2 bridgehead atoms. The Hall–Kier alpha value is -1.70. The summed E-state index contributed by atoms with van der Waals surface area (Å²) in [7, 11) is 0. The highest BCUT2D eigenvalue weighted by atomic mass is 32.1. The standard InChI is InChI=1S/C11H15NOS.C4H4O4/c13-11(10-2-1-7-14-10)8-12-5-3-9(11)4-6-12;5-3(6)1-2-4(7)8/h1-2,7,9,13H,3-6,8H2;1-2H,(H,5,6)(H,7,8). The van der Waals surface area contributed by atoms with Crippen molar-refractivity contribution in [3.05, 3.63) is 34.5 Å². The second-order valence-electron chi connectivity index (χ2n) is 5.46. The zero-order valence-electron chi connectivity index (χ0n) is 12.0. The maximum atomic E-state index is 10.7. The zero-order valence-corrected chi connectivity index (χ0v) is 12.8. The number of piperidine rings is 3. The molecule has 1 unspecified atom stereocenters. The van der Waals surface area contributed by atoms with Gasteiger partial charge >= 0.3 is 11.9 Å². The number of carboxylic acids is 2. The average molecular weight is 325 g/mol. The maximum absolute atomic E-state index is 10.7. The normalized spacial score (nSPS) is 29.9. The van der Waals surface area contributed by atoms with Gasteiger partial charge < -0.3 is 20.2 Å². The van der Waals surface area contributed by atoms with E-state index in [9.17, 15) is 14.7 Å². The van der Waals surface area contributed by atoms with Gasteiger partial charge in [0.1, 0.15) is 5.60 Å². The van der Waals surface area contributed by atoms with Gasteiger partial charge in [0.15, 0.2) is 0 Å². The third-order valence-corrected chi connectivity index (χ3v) is 5.08. The molecule has 1 aromatic heterocycles. The van der Waals surface area contributed by atoms with Gasteiger partial charge in [-0.05, 0) is 43.3 Å². The molecule has 7 heteroatoms. The van der Waals surface area contributed by atoms with Gasteiger partial charge in [-0.25, -0.2) is 9.59 Å². The lowest BCUT2D eigenvalue weighted by Crippen LogP contribution is -2.56. The quantitative estimate of drug-likeness (QED) is 0.726. The molecule has 0 saturated carbocycles. The van der Waals surface area contributed by atoms with Gasteiger partial charge in [-0.15, -0.1) is 11.3 Å². The van der Waals surface area contributed by atoms with Crippen molar-refractivity contribution in [2.24, 2.45) is 5.92 Å². The Morgan fingerprint density at radius 3 is 2.18 bits per heavy atom. The first-order valence-electron chi connectivity index (χ1n) is 7.04. The number of hydrogen-bond donors (Lipinski definition) is 3. The van der Waals surface area contributed by atoms with Crippen LogP contribution in [0, 0.1) is 5.92 Å². The predicted octanol–water partition coefficient (Wildman–Crippen LogP) is 1.37. The molecule has 120 valence electrons. The smallest absolute Gasteiger partial charge is 0.328 e. The highest BCUT2D eigenvalue weighted by Crippen LogP contribution is 2.43. The van der Waals surface area contributed by atoms with E-state index in [0.29, 0.717) is 18.1 Å². The first-order chi connectivity index (χ1) is 10.4. The summed E-state index contributed by atoms with van der Waals surface area (Å²) in [5.74, 6) is -2.02. The van der Waals surface area contributed by atoms with E-state index < -0.39 is 17.5 Å². The largest absolute Gasteiger partial charge is 0.478 e. The molecule has 4 rings (SSSR count). The Bertz CT molecular complexity index is 532. The lowest BCUT2D eigenvalue weighted by molar-refractivity contribution is -0.134. The van der Waals surface area contributed by atoms with Crippen LogP contribution in [0.3, 0.4) is 0 Å². The van der Waals surface area contributed by atoms with Gasteiger partial charge in [0, 0.05) is 23.6 Å². The summed E-state index contributed by atoms with van der Waals surface area (Å²) in [5.41, 5.74) is -0.537. The molecule has 1 atom stereocenters. The first kappa shape index (κ1) is 16.7. The summed E-state index contributed by atoms with van der Waals surface area (Å²) in [6.07, 6.45) is 3.44. The van der Waals surface area contributed by atoms with Crippen molar-refractivity contribution in [3.8, 4) is 0 Å². The van der Waals surface area contributed by atoms with Crippen LogP contribution in [-0.2, 0) is 15.2 Å². The van der Waals surface area contributed by atoms with Crippen LogP contribution >= 0.6 is 11.3 Å². The van der Waals surface area contributed by atoms with Gasteiger partial charge in [-0.1, -0.05) is 6.07 Å². The zero-order chi connectivity index (χ0) is 16.2. The topological polar surface area (TPSA) is 98.1 Å². The molecular weight excluding hydrogens is 306 g/mol. The Kier molecular flexibility index (Phi) is 5.33. The van der Waals surface area contributed by atoms with E-state index in [0.717, 1.165) is 24.3 Å². The van der Waals surface area contributed by atoms with Crippen molar-refractivity contribution in [1.29, 1.82) is 0 Å². The van der Waals surface area contributed by atoms with Crippen LogP contribution in [0.4, 0.5) is 0 Å². The molecule has 22 heavy (non-hydrogen) atoms. The number of hydrogen-bond acceptors (Lipinski definition) is 5. The monoisotopic (exact) mass is 325 g/mol. The van der Waals surface area contributed by atoms with E-state index in [2.05, 4.69) is 16.3 Å². The fourth-order valence-corrected chi connectivity index (χ4v) is 3.88. The average Bonchev–Trinajstić information content (AvgIpc) is 3.02. The molecule has 0 amide bonds. The van der Waals surface area contributed by atoms with E-state index >= 15 is 0 Å². The Labute approximate surface area is 132 Å². The van der Waals surface area contributed by atoms with Crippen molar-refractivity contribution >= 4 is 23.3 Å². The minimum Gasteiger partial charge on any atom is -0.478 e. The number of carbonyl (C=O) groups is 2. The van der Waals surface area contributed by atoms with Crippen LogP contribution in [0.5, 0.6) is 0 Å². The van der Waals surface area contributed by atoms with E-state index in [4.69, 9.17) is 10.2 Å². The van der Waals surface area contributed by atoms with Crippen LogP contribution < -0.4 is 0 Å². The minimum absolute atomic E-state index is 0.492. The second-order valence-corrected chi connectivity index (χ2v) is 6.41. The number of aliphatic hydroxyl groups is 1. The number of rotatable bonds is 3. The van der Waals surface area contributed by atoms with E-state index in [1.165, 1.54) is 13.1 Å². The number of fused-ring (bicyclic) bond motifs is 3. The molecular formula is C15H19NO5S. The molecule has 0 radical (unpaired) electrons. The minimum atomic E-state index is -1.26. The first-order valence-corrected chi connectivity index (χ1v) is 7.92. The summed E-state index contributed by atoms with van der Waals surface area (Å²) in [4.78, 5) is 22.7. The van der Waals surface area contributed by atoms with E-state index in [-0.39, 0.29) is 0 Å². The Morgan fingerprint density at radius 1 is 1.23 bits per heavy atom. The van der Waals surface area contributed by atoms with Crippen molar-refractivity contribution < 1.29 is 24.9 Å². The summed E-state index contributed by atoms with van der Waals surface area (Å²) in [6.45, 7) is 3.20. The molecule has 4 heterocycles. The fourth-order valence-electron chi connectivity index (χ4n) is 2.99. The van der Waals surface area contributed by atoms with Crippen molar-refractivity contribution in [3.63, 3.8) is 0 Å². The molecule has 0 aliphatic carbocycles. The van der Waals surface area contributed by atoms with Gasteiger partial charge in [0.05, 0.1) is 0 Å². The predicted molar refractivity (Wildman–Crippen MR) is 81.8 cm³/mol. The summed E-state index contributed by atoms with van der Waals surface area (Å²) < 4.78 is 0. The van der Waals surface area contributed by atoms with Crippen LogP contribution in [0.25, 0.3) is 0 Å². The highest BCUT2D eigenvalue weighted by Gasteiger charge is 2.46. The van der Waals surface area contributed by atoms with Gasteiger partial charge in [-0.2, -0.15) is 0 Å². The highest BCUT2D eigenvalue weighted by molar-refractivity contribution is 7.10. The summed E-state index contributed by atoms with van der Waals surface area (Å²) in [6, 6.07) is 4.11. The number of carboxylic acid groups (broad SMARTS) is 2. The molecule has 1 aromatic rings. The van der Waals surface area contributed by atoms with Crippen LogP contribution in [-0.4, -0.2) is 51.8 Å². The Morgan fingerprint density at radius 2 is 1.82 bits per heavy atom. The number of aliphatic carboxylic acids is 2. The van der Waals surface area contributed by atoms with Gasteiger partial charge in [-0.3, -0.25) is 0 Å². The molecule has 3 saturated heterocycles. The molecule has 6 nitrogen and oxygen atoms in total. The molecule has 0 aromatic carbocycles. The van der Waals surface area contributed by atoms with Gasteiger partial charge in [0.2, 0.25) is 0 Å². The van der Waals surface area contributed by atoms with Crippen molar-refractivity contribution in [1.82, 2.24) is 4.90 Å². The van der Waals surface area contributed by atoms with Crippen molar-refractivity contribution in [2.45, 2.75) is 18.4 Å². The molecule has 3 fully saturated rings. The second kappa shape index (κ2) is 7.04. The summed E-state index contributed by atoms with van der Waals surface area (Å²) in [5, 5.41) is 28.4. The third-order valence-electron chi connectivity index (χ3n) is 4.04. The van der Waals surface area contributed by atoms with Crippen LogP contribution in [0.1, 0.15) is 17.7 Å². The van der Waals surface area contributed by atoms with Gasteiger partial charge in [0.25, 0.3) is 0 Å². The van der Waals surface area contributed by atoms with Crippen molar-refractivity contribution in [2.75, 3.05) is 19.6 Å². The molecule has 3 N–H and O–H groups in total. The van der Waals surface area contributed by atoms with Crippen LogP contribution in [0.15, 0.2) is 29.7 Å². The number of nitrogens with zero attached hydrogens (tertiary/aromatic N) is 1. The van der Waals surface area contributed by atoms with Crippen LogP contribution in [0.2, 0.25) is 0 Å². The molecule has 0 spiro atoms. The number of thiophene rings is 1. The fraction of sp³-hybridized carbons (Fsp3) is 0.467. The molecule has 3 aliphatic heterocycles. The lowest BCUT2D eigenvalue weighted by Gasteiger charge is -2.50.